The van der Waals surface area contributed by atoms with E-state index >= 15 is 0 Å². The third-order valence-corrected chi connectivity index (χ3v) is 3.16. The van der Waals surface area contributed by atoms with Gasteiger partial charge in [0.1, 0.15) is 0 Å². The van der Waals surface area contributed by atoms with Crippen LogP contribution in [0.4, 0.5) is 0 Å². The van der Waals surface area contributed by atoms with Gasteiger partial charge < -0.3 is 4.74 Å². The minimum Gasteiger partial charge on any atom is -0.504 e. The lowest BCUT2D eigenvalue weighted by molar-refractivity contribution is 0.338. The second-order valence-electron chi connectivity index (χ2n) is 4.01. The SMILES string of the molecule is CO/C=C1/CCCc2c(Cl)cc(C)cc21. The molecule has 1 nitrogen and oxygen atoms in total. The molecular formula is C13H15ClO. The predicted octanol–water partition coefficient (Wildman–Crippen LogP) is 3.97. The smallest absolute Gasteiger partial charge is 0.0862 e. The second-order valence-corrected chi connectivity index (χ2v) is 4.41. The topological polar surface area (TPSA) is 9.23 Å². The van der Waals surface area contributed by atoms with Gasteiger partial charge in [0.25, 0.3) is 0 Å². The molecule has 1 aromatic rings. The molecule has 0 aliphatic heterocycles. The van der Waals surface area contributed by atoms with Crippen LogP contribution < -0.4 is 0 Å². The summed E-state index contributed by atoms with van der Waals surface area (Å²) in [6.07, 6.45) is 5.16. The fraction of sp³-hybridized carbons (Fsp3) is 0.385. The van der Waals surface area contributed by atoms with Crippen LogP contribution in [0.2, 0.25) is 5.02 Å². The van der Waals surface area contributed by atoms with E-state index < -0.39 is 0 Å². The van der Waals surface area contributed by atoms with Gasteiger partial charge in [-0.15, -0.1) is 0 Å². The highest BCUT2D eigenvalue weighted by Gasteiger charge is 2.17. The van der Waals surface area contributed by atoms with Gasteiger partial charge in [-0.05, 0) is 54.5 Å². The minimum absolute atomic E-state index is 0.895. The van der Waals surface area contributed by atoms with Crippen molar-refractivity contribution in [2.75, 3.05) is 7.11 Å². The number of rotatable bonds is 1. The van der Waals surface area contributed by atoms with E-state index in [0.29, 0.717) is 0 Å². The lowest BCUT2D eigenvalue weighted by Gasteiger charge is -2.20. The molecule has 0 saturated heterocycles. The van der Waals surface area contributed by atoms with E-state index in [1.807, 2.05) is 12.3 Å². The molecule has 1 aliphatic rings. The zero-order chi connectivity index (χ0) is 10.8. The fourth-order valence-electron chi connectivity index (χ4n) is 2.17. The van der Waals surface area contributed by atoms with Crippen molar-refractivity contribution in [1.82, 2.24) is 0 Å². The first kappa shape index (κ1) is 10.6. The number of halogens is 1. The highest BCUT2D eigenvalue weighted by atomic mass is 35.5. The van der Waals surface area contributed by atoms with Crippen LogP contribution in [0.3, 0.4) is 0 Å². The van der Waals surface area contributed by atoms with Crippen LogP contribution in [0.25, 0.3) is 5.57 Å². The molecule has 2 rings (SSSR count). The number of allylic oxidation sites excluding steroid dienone is 1. The Balaban J connectivity index is 2.55. The van der Waals surface area contributed by atoms with Crippen LogP contribution in [0.5, 0.6) is 0 Å². The molecule has 0 N–H and O–H groups in total. The quantitative estimate of drug-likeness (QED) is 0.654. The van der Waals surface area contributed by atoms with E-state index in [-0.39, 0.29) is 0 Å². The van der Waals surface area contributed by atoms with Crippen molar-refractivity contribution in [2.45, 2.75) is 26.2 Å². The Morgan fingerprint density at radius 2 is 2.13 bits per heavy atom. The maximum absolute atomic E-state index is 6.24. The number of methoxy groups -OCH3 is 1. The Labute approximate surface area is 95.7 Å². The molecule has 80 valence electrons. The molecule has 0 amide bonds. The summed E-state index contributed by atoms with van der Waals surface area (Å²) in [4.78, 5) is 0. The van der Waals surface area contributed by atoms with Crippen molar-refractivity contribution in [2.24, 2.45) is 0 Å². The van der Waals surface area contributed by atoms with Crippen molar-refractivity contribution >= 4 is 17.2 Å². The highest BCUT2D eigenvalue weighted by Crippen LogP contribution is 2.35. The standard InChI is InChI=1S/C13H15ClO/c1-9-6-12-10(8-15-2)4-3-5-11(12)13(14)7-9/h6-8H,3-5H2,1-2H3/b10-8-. The maximum Gasteiger partial charge on any atom is 0.0862 e. The molecule has 15 heavy (non-hydrogen) atoms. The van der Waals surface area contributed by atoms with Crippen molar-refractivity contribution < 1.29 is 4.74 Å². The minimum atomic E-state index is 0.895. The normalized spacial score (nSPS) is 17.7. The number of benzene rings is 1. The summed E-state index contributed by atoms with van der Waals surface area (Å²) in [6, 6.07) is 4.24. The first-order valence-corrected chi connectivity index (χ1v) is 5.61. The molecule has 0 bridgehead atoms. The highest BCUT2D eigenvalue weighted by molar-refractivity contribution is 6.31. The zero-order valence-electron chi connectivity index (χ0n) is 9.14. The van der Waals surface area contributed by atoms with Gasteiger partial charge in [0.2, 0.25) is 0 Å². The van der Waals surface area contributed by atoms with Crippen LogP contribution in [0, 0.1) is 6.92 Å². The molecule has 0 unspecified atom stereocenters. The Morgan fingerprint density at radius 1 is 1.33 bits per heavy atom. The average Bonchev–Trinajstić information content (AvgIpc) is 2.19. The fourth-order valence-corrected chi connectivity index (χ4v) is 2.54. The number of hydrogen-bond donors (Lipinski definition) is 0. The van der Waals surface area contributed by atoms with Crippen molar-refractivity contribution in [3.63, 3.8) is 0 Å². The Kier molecular flexibility index (Phi) is 3.01. The van der Waals surface area contributed by atoms with Gasteiger partial charge in [-0.2, -0.15) is 0 Å². The second kappa shape index (κ2) is 4.28. The van der Waals surface area contributed by atoms with Gasteiger partial charge >= 0.3 is 0 Å². The first-order chi connectivity index (χ1) is 7.22. The molecule has 1 aromatic carbocycles. The molecule has 0 aromatic heterocycles. The molecule has 0 radical (unpaired) electrons. The molecule has 0 saturated carbocycles. The van der Waals surface area contributed by atoms with Crippen LogP contribution in [0.1, 0.15) is 29.5 Å². The van der Waals surface area contributed by atoms with Crippen molar-refractivity contribution in [3.8, 4) is 0 Å². The average molecular weight is 223 g/mol. The monoisotopic (exact) mass is 222 g/mol. The maximum atomic E-state index is 6.24. The third kappa shape index (κ3) is 2.03. The van der Waals surface area contributed by atoms with Gasteiger partial charge in [0.05, 0.1) is 13.4 Å². The lowest BCUT2D eigenvalue weighted by Crippen LogP contribution is -2.03. The van der Waals surface area contributed by atoms with E-state index in [2.05, 4.69) is 13.0 Å². The summed E-state index contributed by atoms with van der Waals surface area (Å²) in [7, 11) is 1.69. The van der Waals surface area contributed by atoms with Gasteiger partial charge in [-0.1, -0.05) is 17.7 Å². The molecular weight excluding hydrogens is 208 g/mol. The lowest BCUT2D eigenvalue weighted by atomic mass is 9.87. The van der Waals surface area contributed by atoms with E-state index in [1.165, 1.54) is 22.3 Å². The van der Waals surface area contributed by atoms with Crippen LogP contribution >= 0.6 is 11.6 Å². The summed E-state index contributed by atoms with van der Waals surface area (Å²) in [6.45, 7) is 2.07. The van der Waals surface area contributed by atoms with Gasteiger partial charge in [0, 0.05) is 5.02 Å². The first-order valence-electron chi connectivity index (χ1n) is 5.23. The summed E-state index contributed by atoms with van der Waals surface area (Å²) in [5.74, 6) is 0. The van der Waals surface area contributed by atoms with Crippen LogP contribution in [0.15, 0.2) is 18.4 Å². The van der Waals surface area contributed by atoms with Crippen LogP contribution in [-0.2, 0) is 11.2 Å². The third-order valence-electron chi connectivity index (χ3n) is 2.82. The van der Waals surface area contributed by atoms with Crippen molar-refractivity contribution in [3.05, 3.63) is 40.1 Å². The van der Waals surface area contributed by atoms with Crippen LogP contribution in [-0.4, -0.2) is 7.11 Å². The van der Waals surface area contributed by atoms with E-state index in [9.17, 15) is 0 Å². The molecule has 0 atom stereocenters. The van der Waals surface area contributed by atoms with E-state index in [4.69, 9.17) is 16.3 Å². The molecule has 1 aliphatic carbocycles. The van der Waals surface area contributed by atoms with Crippen molar-refractivity contribution in [1.29, 1.82) is 0 Å². The van der Waals surface area contributed by atoms with E-state index in [0.717, 1.165) is 24.3 Å². The molecule has 0 spiro atoms. The zero-order valence-corrected chi connectivity index (χ0v) is 9.90. The summed E-state index contributed by atoms with van der Waals surface area (Å²) >= 11 is 6.24. The molecule has 0 fully saturated rings. The number of ether oxygens (including phenoxy) is 1. The Hall–Kier alpha value is -0.950. The number of hydrogen-bond acceptors (Lipinski definition) is 1. The predicted molar refractivity (Wildman–Crippen MR) is 64.1 cm³/mol. The van der Waals surface area contributed by atoms with E-state index in [1.54, 1.807) is 7.11 Å². The Bertz CT molecular complexity index is 407. The number of aryl methyl sites for hydroxylation is 1. The largest absolute Gasteiger partial charge is 0.504 e. The molecule has 0 heterocycles. The Morgan fingerprint density at radius 3 is 2.87 bits per heavy atom. The van der Waals surface area contributed by atoms with Gasteiger partial charge in [-0.25, -0.2) is 0 Å². The number of fused-ring (bicyclic) bond motifs is 1. The van der Waals surface area contributed by atoms with Gasteiger partial charge in [-0.3, -0.25) is 0 Å². The molecule has 2 heteroatoms. The summed E-state index contributed by atoms with van der Waals surface area (Å²) < 4.78 is 5.11. The van der Waals surface area contributed by atoms with Gasteiger partial charge in [0.15, 0.2) is 0 Å². The summed E-state index contributed by atoms with van der Waals surface area (Å²) in [5.41, 5.74) is 5.02. The summed E-state index contributed by atoms with van der Waals surface area (Å²) in [5, 5.41) is 0.895.